The highest BCUT2D eigenvalue weighted by Crippen LogP contribution is 2.40. The second-order valence-electron chi connectivity index (χ2n) is 24.9. The molecule has 19 nitrogen and oxygen atoms in total. The Bertz CT molecular complexity index is 3290. The monoisotopic (exact) mass is 1370 g/mol. The molecule has 2 saturated heterocycles. The van der Waals surface area contributed by atoms with Crippen LogP contribution in [0, 0.1) is 17.8 Å². The summed E-state index contributed by atoms with van der Waals surface area (Å²) in [7, 11) is 4.25. The molecule has 2 heterocycles. The van der Waals surface area contributed by atoms with E-state index in [1.54, 1.807) is 107 Å². The van der Waals surface area contributed by atoms with Crippen molar-refractivity contribution in [3.8, 4) is 23.0 Å². The highest BCUT2D eigenvalue weighted by atomic mass is 28.3. The maximum Gasteiger partial charge on any atom is 0.397 e. The molecule has 6 rings (SSSR count). The molecule has 26 heteroatoms. The molecule has 96 heavy (non-hydrogen) atoms. The molecule has 2 aliphatic heterocycles. The summed E-state index contributed by atoms with van der Waals surface area (Å²) in [5, 5.41) is 19.7. The molecular formula is C70H88F6O19Si. The van der Waals surface area contributed by atoms with Crippen molar-refractivity contribution in [2.75, 3.05) is 48.6 Å². The van der Waals surface area contributed by atoms with Gasteiger partial charge in [-0.05, 0) is 119 Å². The van der Waals surface area contributed by atoms with Crippen molar-refractivity contribution >= 4 is 44.1 Å². The number of rotatable bonds is 31. The zero-order valence-corrected chi connectivity index (χ0v) is 57.3. The SMILES string of the molecule is COCOc1cc(OC)cc(/C=C/C[C@@H]2OC(C)(C)OC2C(/C=C\C(C(C)C)C(F)(F)F)OC(=O)c2ccccc2)c1C(=O)OCC[Si](C)(C)C.COCOc1cc(OC)cc(/C=C/C[C@@H]2OC(C)(C)OC2C(/C=C\C(C(C)O)C(F)(F)F)OC(=O)c2ccccc2)c1C(=O)O. The summed E-state index contributed by atoms with van der Waals surface area (Å²) in [4.78, 5) is 51.8. The van der Waals surface area contributed by atoms with Crippen LogP contribution in [0.4, 0.5) is 26.3 Å². The van der Waals surface area contributed by atoms with Gasteiger partial charge in [0.2, 0.25) is 0 Å². The zero-order valence-electron chi connectivity index (χ0n) is 56.3. The number of carbonyl (C=O) groups excluding carboxylic acids is 3. The molecule has 0 bridgehead atoms. The van der Waals surface area contributed by atoms with E-state index in [9.17, 15) is 55.7 Å². The molecule has 0 amide bonds. The highest BCUT2D eigenvalue weighted by molar-refractivity contribution is 6.76. The summed E-state index contributed by atoms with van der Waals surface area (Å²) >= 11 is 0. The van der Waals surface area contributed by atoms with Crippen molar-refractivity contribution in [3.05, 3.63) is 155 Å². The molecule has 9 atom stereocenters. The average molecular weight is 1380 g/mol. The number of hydrogen-bond acceptors (Lipinski definition) is 18. The van der Waals surface area contributed by atoms with Crippen molar-refractivity contribution in [2.24, 2.45) is 17.8 Å². The summed E-state index contributed by atoms with van der Waals surface area (Å²) < 4.78 is 156. The first-order valence-corrected chi connectivity index (χ1v) is 34.5. The number of aliphatic hydroxyl groups is 1. The summed E-state index contributed by atoms with van der Waals surface area (Å²) in [6.45, 7) is 17.0. The number of allylic oxidation sites excluding steroid dienone is 1. The summed E-state index contributed by atoms with van der Waals surface area (Å²) in [5.74, 6) is -9.57. The predicted molar refractivity (Wildman–Crippen MR) is 347 cm³/mol. The van der Waals surface area contributed by atoms with E-state index in [4.69, 9.17) is 61.6 Å². The number of carboxylic acid groups (broad SMARTS) is 1. The van der Waals surface area contributed by atoms with Crippen molar-refractivity contribution in [1.29, 1.82) is 0 Å². The van der Waals surface area contributed by atoms with Gasteiger partial charge in [-0.3, -0.25) is 0 Å². The number of carbonyl (C=O) groups is 4. The Morgan fingerprint density at radius 1 is 0.583 bits per heavy atom. The standard InChI is InChI=1S/C38H51F3O9Si.C32H37F3O10/c1-25(2)29(38(39,40)41)18-19-30(48-35(42)26-14-11-10-12-15-26)34-31(49-37(3,4)50-34)17-13-16-27-22-28(45-6)23-32(47-24-44-5)33(27)36(43)46-20-21-51(7,8)9;1-19(36)23(32(33,34)35)14-15-24(43-30(39)20-10-7-6-8-11-20)28-25(44-31(2,3)45-28)13-9-12-21-16-22(41-5)17-26(42-18-40-4)27(21)29(37)38/h10-16,18-19,22-23,25,29-31,34H,17,20-21,24H2,1-9H3;6-12,14-17,19,23-25,28,36H,13,18H2,1-5H3,(H,37,38)/b16-13+,19-18-;12-9+,15-14-/t29?,30?,31-,34?;19?,23?,24?,25-,28?/m00/s1. The van der Waals surface area contributed by atoms with Gasteiger partial charge in [0.05, 0.1) is 62.1 Å². The van der Waals surface area contributed by atoms with Gasteiger partial charge in [0, 0.05) is 34.4 Å². The van der Waals surface area contributed by atoms with E-state index < -0.39 is 116 Å². The molecule has 4 aromatic carbocycles. The number of aromatic carboxylic acids is 1. The molecule has 2 aliphatic rings. The molecule has 2 fully saturated rings. The lowest BCUT2D eigenvalue weighted by Gasteiger charge is -2.26. The second-order valence-corrected chi connectivity index (χ2v) is 30.6. The van der Waals surface area contributed by atoms with Crippen molar-refractivity contribution in [3.63, 3.8) is 0 Å². The van der Waals surface area contributed by atoms with Gasteiger partial charge in [-0.25, -0.2) is 19.2 Å². The molecule has 0 aromatic heterocycles. The molecule has 528 valence electrons. The van der Waals surface area contributed by atoms with Gasteiger partial charge in [-0.1, -0.05) is 106 Å². The summed E-state index contributed by atoms with van der Waals surface area (Å²) in [6.07, 6.45) is -6.51. The zero-order chi connectivity index (χ0) is 71.3. The average Bonchev–Trinajstić information content (AvgIpc) is 1.59. The predicted octanol–water partition coefficient (Wildman–Crippen LogP) is 14.4. The molecule has 7 unspecified atom stereocenters. The Balaban J connectivity index is 0.000000350. The van der Waals surface area contributed by atoms with E-state index in [1.807, 2.05) is 0 Å². The number of ether oxygens (including phenoxy) is 13. The van der Waals surface area contributed by atoms with Gasteiger partial charge in [-0.2, -0.15) is 26.3 Å². The van der Waals surface area contributed by atoms with Crippen LogP contribution in [0.2, 0.25) is 25.7 Å². The van der Waals surface area contributed by atoms with Gasteiger partial charge < -0.3 is 71.8 Å². The summed E-state index contributed by atoms with van der Waals surface area (Å²) in [5.41, 5.74) is 1.09. The largest absolute Gasteiger partial charge is 0.497 e. The minimum atomic E-state index is -4.77. The Hall–Kier alpha value is -7.56. The van der Waals surface area contributed by atoms with E-state index in [0.717, 1.165) is 31.2 Å². The summed E-state index contributed by atoms with van der Waals surface area (Å²) in [6, 6.07) is 23.0. The van der Waals surface area contributed by atoms with Crippen LogP contribution in [0.25, 0.3) is 12.2 Å². The van der Waals surface area contributed by atoms with Crippen LogP contribution in [0.3, 0.4) is 0 Å². The van der Waals surface area contributed by atoms with Gasteiger partial charge in [-0.15, -0.1) is 0 Å². The third-order valence-electron chi connectivity index (χ3n) is 14.8. The molecule has 4 aromatic rings. The molecule has 2 N–H and O–H groups in total. The molecule has 0 saturated carbocycles. The van der Waals surface area contributed by atoms with Crippen LogP contribution in [0.5, 0.6) is 23.0 Å². The van der Waals surface area contributed by atoms with Gasteiger partial charge in [0.15, 0.2) is 25.2 Å². The van der Waals surface area contributed by atoms with Crippen LogP contribution in [0.1, 0.15) is 114 Å². The smallest absolute Gasteiger partial charge is 0.397 e. The Labute approximate surface area is 557 Å². The van der Waals surface area contributed by atoms with Crippen LogP contribution in [-0.2, 0) is 42.6 Å². The van der Waals surface area contributed by atoms with E-state index >= 15 is 0 Å². The lowest BCUT2D eigenvalue weighted by Crippen LogP contribution is -2.38. The van der Waals surface area contributed by atoms with Gasteiger partial charge in [0.1, 0.15) is 58.5 Å². The lowest BCUT2D eigenvalue weighted by molar-refractivity contribution is -0.182. The topological polar surface area (TPSA) is 229 Å². The van der Waals surface area contributed by atoms with Crippen LogP contribution in [0.15, 0.2) is 121 Å². The van der Waals surface area contributed by atoms with Crippen molar-refractivity contribution in [1.82, 2.24) is 0 Å². The third-order valence-corrected chi connectivity index (χ3v) is 16.5. The Morgan fingerprint density at radius 2 is 0.990 bits per heavy atom. The van der Waals surface area contributed by atoms with E-state index in [0.29, 0.717) is 17.1 Å². The van der Waals surface area contributed by atoms with Crippen molar-refractivity contribution < 1.29 is 117 Å². The lowest BCUT2D eigenvalue weighted by atomic mass is 9.93. The maximum absolute atomic E-state index is 13.9. The highest BCUT2D eigenvalue weighted by Gasteiger charge is 2.49. The number of hydrogen-bond donors (Lipinski definition) is 2. The quantitative estimate of drug-likeness (QED) is 0.0119. The minimum absolute atomic E-state index is 0.0122. The number of methoxy groups -OCH3 is 4. The maximum atomic E-state index is 13.9. The van der Waals surface area contributed by atoms with E-state index in [-0.39, 0.29) is 72.4 Å². The molecule has 0 spiro atoms. The molecular weight excluding hydrogens is 1290 g/mol. The number of carboxylic acids is 1. The van der Waals surface area contributed by atoms with E-state index in [1.165, 1.54) is 78.7 Å². The van der Waals surface area contributed by atoms with Gasteiger partial charge >= 0.3 is 36.2 Å². The fraction of sp³-hybridized carbons (Fsp3) is 0.486. The number of aliphatic hydroxyl groups excluding tert-OH is 1. The van der Waals surface area contributed by atoms with E-state index in [2.05, 4.69) is 19.6 Å². The Kier molecular flexibility index (Phi) is 29.4. The number of benzene rings is 4. The minimum Gasteiger partial charge on any atom is -0.497 e. The number of alkyl halides is 6. The first-order chi connectivity index (χ1) is 45.0. The third kappa shape index (κ3) is 24.2. The second kappa shape index (κ2) is 35.6. The first kappa shape index (κ1) is 79.1. The number of esters is 3. The normalized spacial score (nSPS) is 19.6. The van der Waals surface area contributed by atoms with Crippen LogP contribution in [-0.4, -0.2) is 157 Å². The molecule has 0 radical (unpaired) electrons. The van der Waals surface area contributed by atoms with Gasteiger partial charge in [0.25, 0.3) is 0 Å². The van der Waals surface area contributed by atoms with Crippen LogP contribution >= 0.6 is 0 Å². The molecule has 0 aliphatic carbocycles. The van der Waals surface area contributed by atoms with Crippen LogP contribution < -0.4 is 18.9 Å². The number of halogens is 6. The fourth-order valence-electron chi connectivity index (χ4n) is 10.1. The first-order valence-electron chi connectivity index (χ1n) is 30.8. The fourth-order valence-corrected chi connectivity index (χ4v) is 10.9. The van der Waals surface area contributed by atoms with Crippen molar-refractivity contribution in [2.45, 2.75) is 154 Å². The Morgan fingerprint density at radius 3 is 1.35 bits per heavy atom.